The van der Waals surface area contributed by atoms with E-state index in [2.05, 4.69) is 65.2 Å². The number of fused-ring (bicyclic) bond motifs is 12. The van der Waals surface area contributed by atoms with Gasteiger partial charge in [0.2, 0.25) is 0 Å². The molecule has 0 spiro atoms. The Morgan fingerprint density at radius 3 is 2.12 bits per heavy atom. The second kappa shape index (κ2) is 12.1. The van der Waals surface area contributed by atoms with Crippen LogP contribution in [0.4, 0.5) is 0 Å². The molecule has 0 aliphatic rings. The van der Waals surface area contributed by atoms with Crippen molar-refractivity contribution in [1.29, 1.82) is 0 Å². The van der Waals surface area contributed by atoms with E-state index >= 15 is 0 Å². The van der Waals surface area contributed by atoms with Crippen LogP contribution < -0.4 is 0 Å². The summed E-state index contributed by atoms with van der Waals surface area (Å²) in [6.45, 7) is 0. The zero-order chi connectivity index (χ0) is 44.0. The third-order valence-corrected chi connectivity index (χ3v) is 12.7. The normalized spacial score (nSPS) is 13.8. The van der Waals surface area contributed by atoms with E-state index in [1.165, 1.54) is 0 Å². The molecule has 0 bridgehead atoms. The first-order valence-electron chi connectivity index (χ1n) is 22.7. The van der Waals surface area contributed by atoms with Gasteiger partial charge in [-0.05, 0) is 101 Å². The lowest BCUT2D eigenvalue weighted by molar-refractivity contribution is 0.669. The van der Waals surface area contributed by atoms with Crippen LogP contribution in [-0.2, 0) is 0 Å². The molecule has 4 aromatic heterocycles. The molecule has 13 rings (SSSR count). The van der Waals surface area contributed by atoms with E-state index in [4.69, 9.17) is 7.16 Å². The molecular formula is C54H32N2OS. The molecule has 0 fully saturated rings. The summed E-state index contributed by atoms with van der Waals surface area (Å²) >= 11 is 1.62. The van der Waals surface area contributed by atoms with Gasteiger partial charge in [-0.2, -0.15) is 0 Å². The highest BCUT2D eigenvalue weighted by Gasteiger charge is 2.20. The monoisotopic (exact) mass is 763 g/mol. The van der Waals surface area contributed by atoms with Gasteiger partial charge >= 0.3 is 0 Å². The minimum absolute atomic E-state index is 0.0821. The molecule has 3 nitrogen and oxygen atoms in total. The summed E-state index contributed by atoms with van der Waals surface area (Å²) in [6, 6.07) is 48.8. The summed E-state index contributed by atoms with van der Waals surface area (Å²) in [4.78, 5) is 0. The number of aromatic nitrogens is 2. The van der Waals surface area contributed by atoms with Gasteiger partial charge in [-0.15, -0.1) is 11.3 Å². The highest BCUT2D eigenvalue weighted by atomic mass is 32.1. The van der Waals surface area contributed by atoms with E-state index in [-0.39, 0.29) is 57.6 Å². The topological polar surface area (TPSA) is 23.0 Å². The van der Waals surface area contributed by atoms with E-state index in [9.17, 15) is 6.85 Å². The number of hydrogen-bond acceptors (Lipinski definition) is 2. The van der Waals surface area contributed by atoms with Crippen LogP contribution in [0.2, 0.25) is 0 Å². The average Bonchev–Trinajstić information content (AvgIpc) is 4.10. The predicted octanol–water partition coefficient (Wildman–Crippen LogP) is 15.5. The molecular weight excluding hydrogens is 725 g/mol. The Morgan fingerprint density at radius 2 is 1.17 bits per heavy atom. The Kier molecular flexibility index (Phi) is 5.34. The van der Waals surface area contributed by atoms with Crippen molar-refractivity contribution in [2.24, 2.45) is 0 Å². The van der Waals surface area contributed by atoms with E-state index < -0.39 is 12.1 Å². The maximum atomic E-state index is 10.0. The van der Waals surface area contributed by atoms with Crippen molar-refractivity contribution in [3.8, 4) is 33.6 Å². The predicted molar refractivity (Wildman–Crippen MR) is 246 cm³/mol. The fourth-order valence-corrected chi connectivity index (χ4v) is 10.1. The lowest BCUT2D eigenvalue weighted by atomic mass is 9.97. The van der Waals surface area contributed by atoms with Gasteiger partial charge in [-0.1, -0.05) is 115 Å². The van der Waals surface area contributed by atoms with Gasteiger partial charge in [-0.3, -0.25) is 0 Å². The molecule has 0 aliphatic heterocycles. The van der Waals surface area contributed by atoms with Crippen LogP contribution in [0.5, 0.6) is 0 Å². The zero-order valence-corrected chi connectivity index (χ0v) is 31.5. The number of furan rings is 1. The minimum Gasteiger partial charge on any atom is -0.456 e. The number of benzene rings is 9. The quantitative estimate of drug-likeness (QED) is 0.175. The first kappa shape index (κ1) is 25.7. The molecule has 13 aromatic rings. The maximum absolute atomic E-state index is 10.0. The van der Waals surface area contributed by atoms with Crippen molar-refractivity contribution in [1.82, 2.24) is 9.13 Å². The molecule has 58 heavy (non-hydrogen) atoms. The lowest BCUT2D eigenvalue weighted by Gasteiger charge is -2.10. The molecule has 0 atom stereocenters. The molecule has 0 radical (unpaired) electrons. The molecule has 0 saturated carbocycles. The second-order valence-electron chi connectivity index (χ2n) is 14.7. The number of rotatable bonds is 4. The van der Waals surface area contributed by atoms with Crippen LogP contribution >= 0.6 is 11.3 Å². The zero-order valence-electron chi connectivity index (χ0n) is 37.6. The van der Waals surface area contributed by atoms with Gasteiger partial charge in [0.05, 0.1) is 31.7 Å². The van der Waals surface area contributed by atoms with E-state index in [1.54, 1.807) is 15.9 Å². The van der Waals surface area contributed by atoms with E-state index in [0.717, 1.165) is 80.7 Å². The summed E-state index contributed by atoms with van der Waals surface area (Å²) in [6.07, 6.45) is 0. The van der Waals surface area contributed by atoms with Gasteiger partial charge in [0.15, 0.2) is 0 Å². The minimum atomic E-state index is -0.423. The Morgan fingerprint density at radius 1 is 0.414 bits per heavy atom. The van der Waals surface area contributed by atoms with Crippen LogP contribution in [0, 0.1) is 0 Å². The summed E-state index contributed by atoms with van der Waals surface area (Å²) in [5, 5.41) is 6.41. The van der Waals surface area contributed by atoms with Crippen LogP contribution in [0.15, 0.2) is 198 Å². The molecule has 0 amide bonds. The second-order valence-corrected chi connectivity index (χ2v) is 15.8. The van der Waals surface area contributed by atoms with Gasteiger partial charge in [-0.25, -0.2) is 0 Å². The van der Waals surface area contributed by atoms with Crippen molar-refractivity contribution in [2.45, 2.75) is 0 Å². The first-order valence-corrected chi connectivity index (χ1v) is 20.0. The number of hydrogen-bond donors (Lipinski definition) is 0. The Bertz CT molecular complexity index is 4220. The number of thiophene rings is 1. The third-order valence-electron chi connectivity index (χ3n) is 11.6. The highest BCUT2D eigenvalue weighted by Crippen LogP contribution is 2.43. The van der Waals surface area contributed by atoms with Crippen molar-refractivity contribution < 1.29 is 14.0 Å². The van der Waals surface area contributed by atoms with Crippen LogP contribution in [-0.4, -0.2) is 9.13 Å². The average molecular weight is 764 g/mol. The molecule has 0 unspecified atom stereocenters. The molecule has 4 heteroatoms. The van der Waals surface area contributed by atoms with Crippen LogP contribution in [0.3, 0.4) is 0 Å². The first-order chi connectivity index (χ1) is 31.7. The Labute approximate surface area is 346 Å². The molecule has 0 saturated heterocycles. The van der Waals surface area contributed by atoms with Crippen molar-refractivity contribution >= 4 is 97.1 Å². The van der Waals surface area contributed by atoms with Crippen molar-refractivity contribution in [3.63, 3.8) is 0 Å². The molecule has 0 N–H and O–H groups in total. The number of nitrogens with zero attached hydrogens (tertiary/aromatic N) is 2. The van der Waals surface area contributed by atoms with Gasteiger partial charge in [0.1, 0.15) is 11.2 Å². The van der Waals surface area contributed by atoms with Gasteiger partial charge in [0, 0.05) is 63.9 Å². The van der Waals surface area contributed by atoms with E-state index in [0.29, 0.717) is 11.3 Å². The third kappa shape index (κ3) is 4.55. The van der Waals surface area contributed by atoms with Crippen LogP contribution in [0.1, 0.15) is 9.60 Å². The van der Waals surface area contributed by atoms with E-state index in [1.807, 2.05) is 91.0 Å². The molecule has 9 aromatic carbocycles. The van der Waals surface area contributed by atoms with Crippen molar-refractivity contribution in [3.05, 3.63) is 194 Å². The van der Waals surface area contributed by atoms with Gasteiger partial charge in [0.25, 0.3) is 0 Å². The van der Waals surface area contributed by atoms with Gasteiger partial charge < -0.3 is 13.6 Å². The summed E-state index contributed by atoms with van der Waals surface area (Å²) in [5.41, 5.74) is 8.17. The Hall–Kier alpha value is -7.40. The smallest absolute Gasteiger partial charge is 0.135 e. The fraction of sp³-hybridized carbons (Fsp3) is 0. The molecule has 0 aliphatic carbocycles. The maximum Gasteiger partial charge on any atom is 0.135 e. The summed E-state index contributed by atoms with van der Waals surface area (Å²) < 4.78 is 77.6. The summed E-state index contributed by atoms with van der Waals surface area (Å²) in [7, 11) is 0. The number of para-hydroxylation sites is 2. The van der Waals surface area contributed by atoms with Crippen LogP contribution in [0.25, 0.3) is 119 Å². The summed E-state index contributed by atoms with van der Waals surface area (Å²) in [5.74, 6) is 0. The standard InChI is InChI=1S/C54H32N2OS/c1-2-11-33(12-3-1)38-16-10-18-49-54(38)45-30-35(22-27-48(45)56(49)36-24-28-51-44(31-36)40-14-5-8-19-50(40)57-51)34-21-26-47-43(29-34)39-13-4-7-17-46(39)55(47)37-23-25-42-41-15-6-9-20-52(41)58-53(42)32-37/h1-32H/i4D,7D,13D,17D,21D,26D,29D. The SMILES string of the molecule is [2H]c1c([2H])c([2H])c2c(c1[2H])c1c([2H])c(-c3ccc4c(c3)c3c(-c5ccccc5)cccc3n4-c3ccc4oc5ccccc5c4c3)c([2H])c([2H])c1n2-c1ccc2c(c1)sc1ccccc12. The largest absolute Gasteiger partial charge is 0.456 e. The molecule has 270 valence electrons. The lowest BCUT2D eigenvalue weighted by Crippen LogP contribution is -1.94. The Balaban J connectivity index is 1.10. The highest BCUT2D eigenvalue weighted by molar-refractivity contribution is 7.25. The molecule has 4 heterocycles. The van der Waals surface area contributed by atoms with Crippen molar-refractivity contribution in [2.75, 3.05) is 0 Å². The fourth-order valence-electron chi connectivity index (χ4n) is 8.99.